The number of likely N-dealkylation sites (N-methyl/N-ethyl adjacent to an activating group) is 1. The maximum absolute atomic E-state index is 13.4. The summed E-state index contributed by atoms with van der Waals surface area (Å²) < 4.78 is 13.4. The van der Waals surface area contributed by atoms with E-state index in [9.17, 15) is 9.18 Å². The standard InChI is InChI=1S/C15H21FN2O/c1-3-18-8-4-5-13(18)10-17-15(19)12-7-6-11(2)14(16)9-12/h6-7,9,13H,3-5,8,10H2,1-2H3,(H,17,19). The van der Waals surface area contributed by atoms with Gasteiger partial charge in [0.1, 0.15) is 5.82 Å². The summed E-state index contributed by atoms with van der Waals surface area (Å²) in [6.07, 6.45) is 2.31. The van der Waals surface area contributed by atoms with Crippen LogP contribution in [0, 0.1) is 12.7 Å². The molecule has 0 radical (unpaired) electrons. The van der Waals surface area contributed by atoms with Crippen LogP contribution in [0.25, 0.3) is 0 Å². The predicted molar refractivity (Wildman–Crippen MR) is 73.7 cm³/mol. The van der Waals surface area contributed by atoms with E-state index >= 15 is 0 Å². The van der Waals surface area contributed by atoms with Gasteiger partial charge in [0.25, 0.3) is 5.91 Å². The Morgan fingerprint density at radius 1 is 1.53 bits per heavy atom. The van der Waals surface area contributed by atoms with Crippen molar-refractivity contribution >= 4 is 5.91 Å². The third-order valence-electron chi connectivity index (χ3n) is 3.84. The Morgan fingerprint density at radius 3 is 3.00 bits per heavy atom. The van der Waals surface area contributed by atoms with Gasteiger partial charge in [0.2, 0.25) is 0 Å². The molecule has 2 rings (SSSR count). The number of carbonyl (C=O) groups excluding carboxylic acids is 1. The first-order chi connectivity index (χ1) is 9.11. The summed E-state index contributed by atoms with van der Waals surface area (Å²) in [6.45, 7) is 6.59. The van der Waals surface area contributed by atoms with Crippen LogP contribution >= 0.6 is 0 Å². The number of carbonyl (C=O) groups is 1. The zero-order valence-electron chi connectivity index (χ0n) is 11.6. The Hall–Kier alpha value is -1.42. The van der Waals surface area contributed by atoms with Crippen LogP contribution in [0.4, 0.5) is 4.39 Å². The first kappa shape index (κ1) is 14.0. The fraction of sp³-hybridized carbons (Fsp3) is 0.533. The molecule has 1 atom stereocenters. The van der Waals surface area contributed by atoms with E-state index in [1.807, 2.05) is 0 Å². The fourth-order valence-corrected chi connectivity index (χ4v) is 2.59. The molecule has 1 aliphatic rings. The van der Waals surface area contributed by atoms with Gasteiger partial charge in [-0.05, 0) is 50.6 Å². The number of aryl methyl sites for hydroxylation is 1. The van der Waals surface area contributed by atoms with Gasteiger partial charge in [0, 0.05) is 18.2 Å². The predicted octanol–water partition coefficient (Wildman–Crippen LogP) is 2.35. The summed E-state index contributed by atoms with van der Waals surface area (Å²) in [5.74, 6) is -0.523. The second-order valence-electron chi connectivity index (χ2n) is 5.10. The molecule has 1 heterocycles. The smallest absolute Gasteiger partial charge is 0.251 e. The van der Waals surface area contributed by atoms with E-state index in [1.165, 1.54) is 12.5 Å². The van der Waals surface area contributed by atoms with E-state index in [0.29, 0.717) is 23.7 Å². The zero-order chi connectivity index (χ0) is 13.8. The average Bonchev–Trinajstić information content (AvgIpc) is 2.86. The summed E-state index contributed by atoms with van der Waals surface area (Å²) >= 11 is 0. The maximum Gasteiger partial charge on any atom is 0.251 e. The molecule has 1 fully saturated rings. The monoisotopic (exact) mass is 264 g/mol. The highest BCUT2D eigenvalue weighted by Crippen LogP contribution is 2.16. The topological polar surface area (TPSA) is 32.3 Å². The Kier molecular flexibility index (Phi) is 4.53. The number of likely N-dealkylation sites (tertiary alicyclic amines) is 1. The lowest BCUT2D eigenvalue weighted by Gasteiger charge is -2.22. The van der Waals surface area contributed by atoms with E-state index in [0.717, 1.165) is 19.5 Å². The fourth-order valence-electron chi connectivity index (χ4n) is 2.59. The summed E-state index contributed by atoms with van der Waals surface area (Å²) in [4.78, 5) is 14.3. The van der Waals surface area contributed by atoms with Gasteiger partial charge in [-0.3, -0.25) is 9.69 Å². The van der Waals surface area contributed by atoms with Crippen molar-refractivity contribution in [2.45, 2.75) is 32.7 Å². The molecule has 1 N–H and O–H groups in total. The number of benzene rings is 1. The minimum absolute atomic E-state index is 0.193. The molecule has 1 aliphatic heterocycles. The van der Waals surface area contributed by atoms with E-state index in [2.05, 4.69) is 17.1 Å². The van der Waals surface area contributed by atoms with Crippen LogP contribution in [-0.4, -0.2) is 36.5 Å². The Morgan fingerprint density at radius 2 is 2.32 bits per heavy atom. The number of hydrogen-bond donors (Lipinski definition) is 1. The van der Waals surface area contributed by atoms with E-state index in [-0.39, 0.29) is 11.7 Å². The van der Waals surface area contributed by atoms with Crippen molar-refractivity contribution in [2.24, 2.45) is 0 Å². The van der Waals surface area contributed by atoms with Crippen molar-refractivity contribution in [3.8, 4) is 0 Å². The first-order valence-corrected chi connectivity index (χ1v) is 6.90. The average molecular weight is 264 g/mol. The van der Waals surface area contributed by atoms with Crippen LogP contribution in [-0.2, 0) is 0 Å². The Labute approximate surface area is 113 Å². The number of rotatable bonds is 4. The molecule has 0 saturated carbocycles. The summed E-state index contributed by atoms with van der Waals surface area (Å²) in [7, 11) is 0. The van der Waals surface area contributed by atoms with Crippen LogP contribution in [0.2, 0.25) is 0 Å². The van der Waals surface area contributed by atoms with Crippen molar-refractivity contribution in [3.05, 3.63) is 35.1 Å². The molecule has 104 valence electrons. The Bertz CT molecular complexity index is 461. The third kappa shape index (κ3) is 3.32. The van der Waals surface area contributed by atoms with Crippen LogP contribution in [0.5, 0.6) is 0 Å². The van der Waals surface area contributed by atoms with Crippen molar-refractivity contribution in [1.29, 1.82) is 0 Å². The molecule has 0 aliphatic carbocycles. The summed E-state index contributed by atoms with van der Waals surface area (Å²) in [5.41, 5.74) is 0.952. The largest absolute Gasteiger partial charge is 0.350 e. The lowest BCUT2D eigenvalue weighted by molar-refractivity contribution is 0.0941. The van der Waals surface area contributed by atoms with Gasteiger partial charge in [-0.25, -0.2) is 4.39 Å². The van der Waals surface area contributed by atoms with Crippen LogP contribution in [0.3, 0.4) is 0 Å². The van der Waals surface area contributed by atoms with Gasteiger partial charge in [0.05, 0.1) is 0 Å². The molecule has 0 aromatic heterocycles. The normalized spacial score (nSPS) is 19.6. The maximum atomic E-state index is 13.4. The van der Waals surface area contributed by atoms with Crippen molar-refractivity contribution in [1.82, 2.24) is 10.2 Å². The molecule has 1 saturated heterocycles. The molecular weight excluding hydrogens is 243 g/mol. The van der Waals surface area contributed by atoms with E-state index in [4.69, 9.17) is 0 Å². The molecule has 4 heteroatoms. The highest BCUT2D eigenvalue weighted by Gasteiger charge is 2.23. The van der Waals surface area contributed by atoms with Gasteiger partial charge >= 0.3 is 0 Å². The minimum atomic E-state index is -0.330. The first-order valence-electron chi connectivity index (χ1n) is 6.90. The summed E-state index contributed by atoms with van der Waals surface area (Å²) in [5, 5.41) is 2.90. The van der Waals surface area contributed by atoms with Gasteiger partial charge in [0.15, 0.2) is 0 Å². The van der Waals surface area contributed by atoms with Gasteiger partial charge in [-0.15, -0.1) is 0 Å². The third-order valence-corrected chi connectivity index (χ3v) is 3.84. The zero-order valence-corrected chi connectivity index (χ0v) is 11.6. The molecule has 0 bridgehead atoms. The molecule has 1 aromatic rings. The van der Waals surface area contributed by atoms with Crippen molar-refractivity contribution in [2.75, 3.05) is 19.6 Å². The molecular formula is C15H21FN2O. The summed E-state index contributed by atoms with van der Waals surface area (Å²) in [6, 6.07) is 5.03. The molecule has 1 unspecified atom stereocenters. The molecule has 0 spiro atoms. The molecule has 19 heavy (non-hydrogen) atoms. The lowest BCUT2D eigenvalue weighted by atomic mass is 10.1. The quantitative estimate of drug-likeness (QED) is 0.905. The van der Waals surface area contributed by atoms with Crippen molar-refractivity contribution in [3.63, 3.8) is 0 Å². The molecule has 1 amide bonds. The van der Waals surface area contributed by atoms with Crippen molar-refractivity contribution < 1.29 is 9.18 Å². The van der Waals surface area contributed by atoms with Crippen LogP contribution in [0.1, 0.15) is 35.7 Å². The second-order valence-corrected chi connectivity index (χ2v) is 5.10. The number of nitrogens with zero attached hydrogens (tertiary/aromatic N) is 1. The highest BCUT2D eigenvalue weighted by molar-refractivity contribution is 5.94. The van der Waals surface area contributed by atoms with Gasteiger partial charge < -0.3 is 5.32 Å². The highest BCUT2D eigenvalue weighted by atomic mass is 19.1. The SMILES string of the molecule is CCN1CCCC1CNC(=O)c1ccc(C)c(F)c1. The number of hydrogen-bond acceptors (Lipinski definition) is 2. The minimum Gasteiger partial charge on any atom is -0.350 e. The molecule has 3 nitrogen and oxygen atoms in total. The van der Waals surface area contributed by atoms with Crippen LogP contribution < -0.4 is 5.32 Å². The lowest BCUT2D eigenvalue weighted by Crippen LogP contribution is -2.40. The van der Waals surface area contributed by atoms with E-state index in [1.54, 1.807) is 19.1 Å². The molecule has 1 aromatic carbocycles. The van der Waals surface area contributed by atoms with Gasteiger partial charge in [-0.2, -0.15) is 0 Å². The van der Waals surface area contributed by atoms with Crippen LogP contribution in [0.15, 0.2) is 18.2 Å². The second kappa shape index (κ2) is 6.15. The van der Waals surface area contributed by atoms with E-state index < -0.39 is 0 Å². The number of amides is 1. The van der Waals surface area contributed by atoms with Gasteiger partial charge in [-0.1, -0.05) is 13.0 Å². The Balaban J connectivity index is 1.92. The number of halogens is 1. The number of nitrogens with one attached hydrogen (secondary N) is 1.